The molecule has 3 atom stereocenters. The van der Waals surface area contributed by atoms with E-state index in [0.717, 1.165) is 25.1 Å². The van der Waals surface area contributed by atoms with Gasteiger partial charge in [-0.25, -0.2) is 0 Å². The molecule has 2 bridgehead atoms. The second kappa shape index (κ2) is 5.08. The van der Waals surface area contributed by atoms with Crippen molar-refractivity contribution in [1.82, 2.24) is 4.90 Å². The number of likely N-dealkylation sites (tertiary alicyclic amines) is 1. The van der Waals surface area contributed by atoms with Crippen LogP contribution in [-0.2, 0) is 11.8 Å². The summed E-state index contributed by atoms with van der Waals surface area (Å²) in [6.07, 6.45) is 1.66. The molecule has 0 spiro atoms. The Kier molecular flexibility index (Phi) is 3.96. The largest absolute Gasteiger partial charge is 0.497 e. The van der Waals surface area contributed by atoms with E-state index >= 15 is 0 Å². The van der Waals surface area contributed by atoms with Gasteiger partial charge in [-0.2, -0.15) is 0 Å². The van der Waals surface area contributed by atoms with Crippen LogP contribution in [-0.4, -0.2) is 42.9 Å². The molecule has 2 aliphatic rings. The van der Waals surface area contributed by atoms with Crippen molar-refractivity contribution in [3.8, 4) is 5.75 Å². The molecule has 1 aromatic rings. The molecule has 1 saturated heterocycles. The number of likely N-dealkylation sites (N-methyl/N-ethyl adjacent to an activating group) is 1. The van der Waals surface area contributed by atoms with Gasteiger partial charge >= 0.3 is 0 Å². The fourth-order valence-electron chi connectivity index (χ4n) is 3.57. The van der Waals surface area contributed by atoms with Crippen LogP contribution in [0.3, 0.4) is 0 Å². The van der Waals surface area contributed by atoms with Gasteiger partial charge in [0, 0.05) is 11.5 Å². The van der Waals surface area contributed by atoms with Crippen LogP contribution >= 0.6 is 17.0 Å². The van der Waals surface area contributed by atoms with E-state index in [1.165, 1.54) is 11.1 Å². The first-order chi connectivity index (χ1) is 8.56. The molecule has 1 heterocycles. The first-order valence-electron chi connectivity index (χ1n) is 6.62. The zero-order valence-corrected chi connectivity index (χ0v) is 13.4. The van der Waals surface area contributed by atoms with E-state index < -0.39 is 0 Å². The number of ether oxygens (including phenoxy) is 1. The minimum atomic E-state index is -0.282. The third-order valence-electron chi connectivity index (χ3n) is 4.93. The summed E-state index contributed by atoms with van der Waals surface area (Å²) >= 11 is 0. The average Bonchev–Trinajstić information content (AvgIpc) is 2.38. The third-order valence-corrected chi connectivity index (χ3v) is 4.93. The van der Waals surface area contributed by atoms with Gasteiger partial charge in [0.1, 0.15) is 5.75 Å². The Morgan fingerprint density at radius 1 is 1.42 bits per heavy atom. The van der Waals surface area contributed by atoms with E-state index in [-0.39, 0.29) is 34.5 Å². The molecule has 1 aliphatic heterocycles. The highest BCUT2D eigenvalue weighted by Crippen LogP contribution is 2.45. The Bertz CT molecular complexity index is 479. The molecule has 1 aliphatic carbocycles. The molecular formula is C15H22BrNO2. The van der Waals surface area contributed by atoms with E-state index in [2.05, 4.69) is 31.0 Å². The molecule has 19 heavy (non-hydrogen) atoms. The van der Waals surface area contributed by atoms with E-state index in [0.29, 0.717) is 0 Å². The minimum Gasteiger partial charge on any atom is -0.497 e. The highest BCUT2D eigenvalue weighted by molar-refractivity contribution is 8.93. The zero-order chi connectivity index (χ0) is 12.9. The zero-order valence-electron chi connectivity index (χ0n) is 11.7. The maximum Gasteiger partial charge on any atom is 0.119 e. The van der Waals surface area contributed by atoms with Crippen LogP contribution in [0, 0.1) is 0 Å². The van der Waals surface area contributed by atoms with Crippen molar-refractivity contribution in [2.45, 2.75) is 37.3 Å². The van der Waals surface area contributed by atoms with Gasteiger partial charge < -0.3 is 14.7 Å². The van der Waals surface area contributed by atoms with Gasteiger partial charge in [0.2, 0.25) is 0 Å². The highest BCUT2D eigenvalue weighted by Gasteiger charge is 2.49. The maximum atomic E-state index is 10.6. The molecule has 3 nitrogen and oxygen atoms in total. The topological polar surface area (TPSA) is 32.7 Å². The number of hydrogen-bond acceptors (Lipinski definition) is 3. The number of halogens is 1. The lowest BCUT2D eigenvalue weighted by Crippen LogP contribution is -2.61. The Morgan fingerprint density at radius 3 is 2.84 bits per heavy atom. The molecule has 0 radical (unpaired) electrons. The Morgan fingerprint density at radius 2 is 2.16 bits per heavy atom. The number of methoxy groups -OCH3 is 1. The molecule has 0 aromatic heterocycles. The van der Waals surface area contributed by atoms with Crippen molar-refractivity contribution in [2.75, 3.05) is 20.7 Å². The summed E-state index contributed by atoms with van der Waals surface area (Å²) in [7, 11) is 3.81. The number of fused-ring (bicyclic) bond motifs is 4. The maximum absolute atomic E-state index is 10.6. The van der Waals surface area contributed by atoms with Crippen LogP contribution in [0.1, 0.15) is 24.5 Å². The van der Waals surface area contributed by atoms with Gasteiger partial charge in [0.05, 0.1) is 13.2 Å². The molecular weight excluding hydrogens is 306 g/mol. The van der Waals surface area contributed by atoms with Crippen molar-refractivity contribution in [2.24, 2.45) is 0 Å². The van der Waals surface area contributed by atoms with Crippen LogP contribution in [0.5, 0.6) is 5.75 Å². The van der Waals surface area contributed by atoms with Gasteiger partial charge in [-0.1, -0.05) is 13.0 Å². The van der Waals surface area contributed by atoms with Crippen LogP contribution < -0.4 is 4.74 Å². The number of hydrogen-bond donors (Lipinski definition) is 1. The number of piperidine rings is 1. The van der Waals surface area contributed by atoms with Gasteiger partial charge in [-0.05, 0) is 49.7 Å². The average molecular weight is 328 g/mol. The number of aliphatic hydroxyl groups is 1. The van der Waals surface area contributed by atoms with Gasteiger partial charge in [-0.3, -0.25) is 0 Å². The molecule has 106 valence electrons. The van der Waals surface area contributed by atoms with Crippen molar-refractivity contribution in [3.05, 3.63) is 29.3 Å². The summed E-state index contributed by atoms with van der Waals surface area (Å²) in [6.45, 7) is 3.24. The summed E-state index contributed by atoms with van der Waals surface area (Å²) in [5.41, 5.74) is 2.51. The first kappa shape index (κ1) is 14.8. The fraction of sp³-hybridized carbons (Fsp3) is 0.600. The second-order valence-corrected chi connectivity index (χ2v) is 5.89. The van der Waals surface area contributed by atoms with E-state index in [1.807, 2.05) is 6.07 Å². The lowest BCUT2D eigenvalue weighted by Gasteiger charge is -2.52. The predicted molar refractivity (Wildman–Crippen MR) is 81.4 cm³/mol. The SMILES string of the molecule is Br.COc1ccc2c(c1)C1(C)CCN(C)C(C2)C1O. The lowest BCUT2D eigenvalue weighted by atomic mass is 9.63. The van der Waals surface area contributed by atoms with E-state index in [1.54, 1.807) is 7.11 Å². The van der Waals surface area contributed by atoms with Gasteiger partial charge in [0.15, 0.2) is 0 Å². The second-order valence-electron chi connectivity index (χ2n) is 5.89. The highest BCUT2D eigenvalue weighted by atomic mass is 79.9. The lowest BCUT2D eigenvalue weighted by molar-refractivity contribution is -0.0407. The quantitative estimate of drug-likeness (QED) is 0.857. The van der Waals surface area contributed by atoms with E-state index in [9.17, 15) is 5.11 Å². The molecule has 1 fully saturated rings. The van der Waals surface area contributed by atoms with Crippen LogP contribution in [0.15, 0.2) is 18.2 Å². The number of rotatable bonds is 1. The predicted octanol–water partition coefficient (Wildman–Crippen LogP) is 2.15. The molecule has 3 unspecified atom stereocenters. The summed E-state index contributed by atoms with van der Waals surface area (Å²) in [5, 5.41) is 10.6. The normalized spacial score (nSPS) is 33.3. The van der Waals surface area contributed by atoms with Gasteiger partial charge in [0.25, 0.3) is 0 Å². The van der Waals surface area contributed by atoms with Crippen molar-refractivity contribution in [1.29, 1.82) is 0 Å². The number of nitrogens with zero attached hydrogens (tertiary/aromatic N) is 1. The number of benzene rings is 1. The van der Waals surface area contributed by atoms with Crippen molar-refractivity contribution >= 4 is 17.0 Å². The Balaban J connectivity index is 0.00000133. The monoisotopic (exact) mass is 327 g/mol. The number of aliphatic hydroxyl groups excluding tert-OH is 1. The van der Waals surface area contributed by atoms with Crippen LogP contribution in [0.2, 0.25) is 0 Å². The summed E-state index contributed by atoms with van der Waals surface area (Å²) in [4.78, 5) is 2.29. The molecule has 1 aromatic carbocycles. The molecule has 0 amide bonds. The van der Waals surface area contributed by atoms with E-state index in [4.69, 9.17) is 4.74 Å². The standard InChI is InChI=1S/C15H21NO2.BrH/c1-15-6-7-16(2)13(14(15)17)8-10-4-5-11(18-3)9-12(10)15;/h4-5,9,13-14,17H,6-8H2,1-3H3;1H. The smallest absolute Gasteiger partial charge is 0.119 e. The van der Waals surface area contributed by atoms with Gasteiger partial charge in [-0.15, -0.1) is 17.0 Å². The van der Waals surface area contributed by atoms with Crippen molar-refractivity contribution < 1.29 is 9.84 Å². The Hall–Kier alpha value is -0.580. The van der Waals surface area contributed by atoms with Crippen LogP contribution in [0.25, 0.3) is 0 Å². The summed E-state index contributed by atoms with van der Waals surface area (Å²) in [6, 6.07) is 6.55. The summed E-state index contributed by atoms with van der Waals surface area (Å²) in [5.74, 6) is 0.888. The summed E-state index contributed by atoms with van der Waals surface area (Å²) < 4.78 is 5.33. The molecule has 4 heteroatoms. The molecule has 3 rings (SSSR count). The molecule has 0 saturated carbocycles. The minimum absolute atomic E-state index is 0. The third kappa shape index (κ3) is 2.10. The fourth-order valence-corrected chi connectivity index (χ4v) is 3.57. The van der Waals surface area contributed by atoms with Crippen molar-refractivity contribution in [3.63, 3.8) is 0 Å². The molecule has 1 N–H and O–H groups in total. The van der Waals surface area contributed by atoms with Crippen LogP contribution in [0.4, 0.5) is 0 Å². The first-order valence-corrected chi connectivity index (χ1v) is 6.62. The Labute approximate surface area is 125 Å².